The van der Waals surface area contributed by atoms with E-state index in [-0.39, 0.29) is 28.4 Å². The summed E-state index contributed by atoms with van der Waals surface area (Å²) in [7, 11) is -3.82. The molecule has 1 atom stereocenters. The average molecular weight is 411 g/mol. The molecular formula is C19H20ClFN2O3S. The third-order valence-electron chi connectivity index (χ3n) is 4.57. The second kappa shape index (κ2) is 7.96. The van der Waals surface area contributed by atoms with Gasteiger partial charge in [0, 0.05) is 18.2 Å². The Balaban J connectivity index is 1.60. The van der Waals surface area contributed by atoms with Crippen molar-refractivity contribution in [2.24, 2.45) is 5.92 Å². The molecule has 0 bridgehead atoms. The van der Waals surface area contributed by atoms with Crippen LogP contribution in [-0.2, 0) is 16.6 Å². The largest absolute Gasteiger partial charge is 0.349 e. The summed E-state index contributed by atoms with van der Waals surface area (Å²) in [5.74, 6) is -0.245. The van der Waals surface area contributed by atoms with Gasteiger partial charge in [0.15, 0.2) is 0 Å². The lowest BCUT2D eigenvalue weighted by Gasteiger charge is -2.13. The van der Waals surface area contributed by atoms with Gasteiger partial charge in [-0.2, -0.15) is 0 Å². The molecule has 2 aromatic carbocycles. The minimum atomic E-state index is -3.82. The molecule has 1 amide bonds. The maximum absolute atomic E-state index is 13.2. The lowest BCUT2D eigenvalue weighted by Crippen LogP contribution is -2.33. The van der Waals surface area contributed by atoms with Gasteiger partial charge in [-0.05, 0) is 61.6 Å². The summed E-state index contributed by atoms with van der Waals surface area (Å²) in [5, 5.41) is 2.72. The highest BCUT2D eigenvalue weighted by Crippen LogP contribution is 2.32. The van der Waals surface area contributed by atoms with Gasteiger partial charge in [-0.15, -0.1) is 0 Å². The van der Waals surface area contributed by atoms with Crippen molar-refractivity contribution < 1.29 is 17.6 Å². The second-order valence-corrected chi connectivity index (χ2v) is 8.87. The van der Waals surface area contributed by atoms with E-state index in [0.717, 1.165) is 31.0 Å². The molecule has 0 saturated heterocycles. The number of sulfonamides is 1. The Bertz CT molecular complexity index is 944. The normalized spacial score (nSPS) is 15.4. The summed E-state index contributed by atoms with van der Waals surface area (Å²) in [5.41, 5.74) is 1.22. The van der Waals surface area contributed by atoms with Crippen molar-refractivity contribution in [1.82, 2.24) is 10.0 Å². The minimum absolute atomic E-state index is 0.0394. The van der Waals surface area contributed by atoms with Crippen LogP contribution in [0.5, 0.6) is 0 Å². The summed E-state index contributed by atoms with van der Waals surface area (Å²) in [6.07, 6.45) is 2.31. The SMILES string of the molecule is C[C@@H](NC(=O)c1ccc(CNS(=O)(=O)c2ccc(F)c(Cl)c2)cc1)C1CC1. The standard InChI is InChI=1S/C19H20ClFN2O3S/c1-12(14-6-7-14)23-19(24)15-4-2-13(3-5-15)11-22-27(25,26)16-8-9-18(21)17(20)10-16/h2-5,8-10,12,14,22H,6-7,11H2,1H3,(H,23,24)/t12-/m1/s1. The first-order chi connectivity index (χ1) is 12.8. The predicted molar refractivity (Wildman–Crippen MR) is 102 cm³/mol. The lowest BCUT2D eigenvalue weighted by atomic mass is 10.1. The zero-order valence-electron chi connectivity index (χ0n) is 14.7. The van der Waals surface area contributed by atoms with E-state index in [1.165, 1.54) is 0 Å². The van der Waals surface area contributed by atoms with E-state index < -0.39 is 15.8 Å². The Morgan fingerprint density at radius 2 is 1.89 bits per heavy atom. The molecule has 1 aliphatic carbocycles. The first-order valence-corrected chi connectivity index (χ1v) is 10.5. The highest BCUT2D eigenvalue weighted by Gasteiger charge is 2.29. The number of rotatable bonds is 7. The third-order valence-corrected chi connectivity index (χ3v) is 6.26. The highest BCUT2D eigenvalue weighted by molar-refractivity contribution is 7.89. The maximum atomic E-state index is 13.2. The fourth-order valence-electron chi connectivity index (χ4n) is 2.68. The number of carbonyl (C=O) groups excluding carboxylic acids is 1. The van der Waals surface area contributed by atoms with E-state index in [0.29, 0.717) is 17.0 Å². The van der Waals surface area contributed by atoms with Gasteiger partial charge in [0.1, 0.15) is 5.82 Å². The fraction of sp³-hybridized carbons (Fsp3) is 0.316. The number of carbonyl (C=O) groups is 1. The molecule has 5 nitrogen and oxygen atoms in total. The topological polar surface area (TPSA) is 75.3 Å². The predicted octanol–water partition coefficient (Wildman–Crippen LogP) is 3.49. The van der Waals surface area contributed by atoms with Crippen molar-refractivity contribution in [2.45, 2.75) is 37.2 Å². The zero-order chi connectivity index (χ0) is 19.6. The molecule has 27 heavy (non-hydrogen) atoms. The van der Waals surface area contributed by atoms with Crippen molar-refractivity contribution in [3.05, 3.63) is 64.4 Å². The monoisotopic (exact) mass is 410 g/mol. The lowest BCUT2D eigenvalue weighted by molar-refractivity contribution is 0.0936. The van der Waals surface area contributed by atoms with E-state index in [4.69, 9.17) is 11.6 Å². The van der Waals surface area contributed by atoms with Crippen LogP contribution in [0.15, 0.2) is 47.4 Å². The summed E-state index contributed by atoms with van der Waals surface area (Å²) in [6, 6.07) is 10.1. The molecule has 3 rings (SSSR count). The zero-order valence-corrected chi connectivity index (χ0v) is 16.3. The molecule has 1 aliphatic rings. The van der Waals surface area contributed by atoms with E-state index in [2.05, 4.69) is 10.0 Å². The third kappa shape index (κ3) is 5.06. The molecule has 8 heteroatoms. The van der Waals surface area contributed by atoms with Crippen molar-refractivity contribution in [3.63, 3.8) is 0 Å². The van der Waals surface area contributed by atoms with Crippen LogP contribution in [-0.4, -0.2) is 20.4 Å². The van der Waals surface area contributed by atoms with E-state index in [9.17, 15) is 17.6 Å². The molecule has 0 aliphatic heterocycles. The van der Waals surface area contributed by atoms with E-state index in [1.807, 2.05) is 6.92 Å². The Hall–Kier alpha value is -1.96. The van der Waals surface area contributed by atoms with Gasteiger partial charge in [-0.1, -0.05) is 23.7 Å². The molecule has 0 unspecified atom stereocenters. The molecule has 0 spiro atoms. The Morgan fingerprint density at radius 1 is 1.22 bits per heavy atom. The smallest absolute Gasteiger partial charge is 0.251 e. The van der Waals surface area contributed by atoms with Crippen LogP contribution >= 0.6 is 11.6 Å². The van der Waals surface area contributed by atoms with Crippen LogP contribution in [0.1, 0.15) is 35.7 Å². The quantitative estimate of drug-likeness (QED) is 0.733. The molecule has 144 valence electrons. The fourth-order valence-corrected chi connectivity index (χ4v) is 3.97. The van der Waals surface area contributed by atoms with Gasteiger partial charge in [-0.3, -0.25) is 4.79 Å². The average Bonchev–Trinajstić information content (AvgIpc) is 3.48. The Morgan fingerprint density at radius 3 is 2.48 bits per heavy atom. The number of nitrogens with one attached hydrogen (secondary N) is 2. The van der Waals surface area contributed by atoms with Crippen molar-refractivity contribution >= 4 is 27.5 Å². The molecule has 2 aromatic rings. The number of benzene rings is 2. The maximum Gasteiger partial charge on any atom is 0.251 e. The first kappa shape index (κ1) is 19.8. The molecule has 1 saturated carbocycles. The van der Waals surface area contributed by atoms with Gasteiger partial charge >= 0.3 is 0 Å². The molecule has 2 N–H and O–H groups in total. The van der Waals surface area contributed by atoms with E-state index in [1.54, 1.807) is 24.3 Å². The van der Waals surface area contributed by atoms with Crippen LogP contribution in [0.25, 0.3) is 0 Å². The Kier molecular flexibility index (Phi) is 5.83. The van der Waals surface area contributed by atoms with Gasteiger partial charge in [0.2, 0.25) is 10.0 Å². The minimum Gasteiger partial charge on any atom is -0.349 e. The summed E-state index contributed by atoms with van der Waals surface area (Å²) < 4.78 is 40.2. The van der Waals surface area contributed by atoms with Crippen LogP contribution in [0, 0.1) is 11.7 Å². The van der Waals surface area contributed by atoms with Crippen LogP contribution in [0.4, 0.5) is 4.39 Å². The number of halogens is 2. The summed E-state index contributed by atoms with van der Waals surface area (Å²) in [4.78, 5) is 12.1. The van der Waals surface area contributed by atoms with E-state index >= 15 is 0 Å². The van der Waals surface area contributed by atoms with Gasteiger partial charge in [-0.25, -0.2) is 17.5 Å². The molecule has 0 heterocycles. The molecule has 0 radical (unpaired) electrons. The van der Waals surface area contributed by atoms with Gasteiger partial charge in [0.25, 0.3) is 5.91 Å². The first-order valence-electron chi connectivity index (χ1n) is 8.61. The number of hydrogen-bond donors (Lipinski definition) is 2. The summed E-state index contributed by atoms with van der Waals surface area (Å²) >= 11 is 5.64. The van der Waals surface area contributed by atoms with Crippen LogP contribution in [0.2, 0.25) is 5.02 Å². The number of hydrogen-bond acceptors (Lipinski definition) is 3. The highest BCUT2D eigenvalue weighted by atomic mass is 35.5. The van der Waals surface area contributed by atoms with Crippen LogP contribution < -0.4 is 10.0 Å². The number of amides is 1. The van der Waals surface area contributed by atoms with Crippen LogP contribution in [0.3, 0.4) is 0 Å². The molecule has 0 aromatic heterocycles. The van der Waals surface area contributed by atoms with Crippen molar-refractivity contribution in [1.29, 1.82) is 0 Å². The van der Waals surface area contributed by atoms with Crippen molar-refractivity contribution in [2.75, 3.05) is 0 Å². The van der Waals surface area contributed by atoms with Gasteiger partial charge < -0.3 is 5.32 Å². The van der Waals surface area contributed by atoms with Crippen molar-refractivity contribution in [3.8, 4) is 0 Å². The van der Waals surface area contributed by atoms with Gasteiger partial charge in [0.05, 0.1) is 9.92 Å². The Labute approximate surface area is 163 Å². The molecular weight excluding hydrogens is 391 g/mol. The summed E-state index contributed by atoms with van der Waals surface area (Å²) in [6.45, 7) is 2.04. The molecule has 1 fully saturated rings. The second-order valence-electron chi connectivity index (χ2n) is 6.70.